The quantitative estimate of drug-likeness (QED) is 0.430. The number of rotatable bonds is 6. The number of hydrogen-bond acceptors (Lipinski definition) is 6. The Hall–Kier alpha value is -2.93. The number of nitrogens with zero attached hydrogens (tertiary/aromatic N) is 5. The summed E-state index contributed by atoms with van der Waals surface area (Å²) in [4.78, 5) is 9.35. The lowest BCUT2D eigenvalue weighted by molar-refractivity contribution is 0.380. The first-order chi connectivity index (χ1) is 13.8. The Bertz CT molecular complexity index is 1070. The fourth-order valence-corrected chi connectivity index (χ4v) is 3.82. The molecule has 2 aromatic heterocycles. The van der Waals surface area contributed by atoms with Crippen molar-refractivity contribution in [3.63, 3.8) is 0 Å². The molecule has 0 aliphatic heterocycles. The minimum Gasteiger partial charge on any atom is -0.338 e. The van der Waals surface area contributed by atoms with E-state index in [1.807, 2.05) is 60.1 Å². The Labute approximate surface area is 167 Å². The molecule has 0 bridgehead atoms. The van der Waals surface area contributed by atoms with Gasteiger partial charge in [0.05, 0.1) is 10.9 Å². The van der Waals surface area contributed by atoms with Crippen LogP contribution in [0.4, 0.5) is 0 Å². The summed E-state index contributed by atoms with van der Waals surface area (Å²) in [5, 5.41) is 9.56. The third-order valence-electron chi connectivity index (χ3n) is 4.66. The Balaban J connectivity index is 1.38. The minimum absolute atomic E-state index is 0.0383. The summed E-state index contributed by atoms with van der Waals surface area (Å²) in [5.74, 6) is 2.72. The average Bonchev–Trinajstić information content (AvgIpc) is 3.31. The van der Waals surface area contributed by atoms with Crippen molar-refractivity contribution in [3.8, 4) is 17.1 Å². The van der Waals surface area contributed by atoms with Crippen molar-refractivity contribution in [1.82, 2.24) is 24.9 Å². The molecule has 0 N–H and O–H groups in total. The van der Waals surface area contributed by atoms with Gasteiger partial charge in [0.25, 0.3) is 0 Å². The fourth-order valence-electron chi connectivity index (χ4n) is 3.03. The number of para-hydroxylation sites is 1. The minimum atomic E-state index is -0.0383. The molecule has 4 aromatic rings. The molecule has 0 amide bonds. The predicted molar refractivity (Wildman–Crippen MR) is 107 cm³/mol. The Morgan fingerprint density at radius 2 is 1.71 bits per heavy atom. The van der Waals surface area contributed by atoms with Crippen LogP contribution in [0.15, 0.2) is 70.3 Å². The molecular weight excluding hydrogens is 370 g/mol. The molecule has 0 spiro atoms. The highest BCUT2D eigenvalue weighted by atomic mass is 32.2. The smallest absolute Gasteiger partial charge is 0.240 e. The summed E-state index contributed by atoms with van der Waals surface area (Å²) >= 11 is 1.54. The highest BCUT2D eigenvalue weighted by Crippen LogP contribution is 2.41. The van der Waals surface area contributed by atoms with Gasteiger partial charge in [-0.3, -0.25) is 0 Å². The van der Waals surface area contributed by atoms with Crippen LogP contribution in [0.5, 0.6) is 0 Å². The molecule has 2 heterocycles. The molecule has 7 heteroatoms. The first-order valence-corrected chi connectivity index (χ1v) is 10.2. The normalized spacial score (nSPS) is 14.9. The van der Waals surface area contributed by atoms with Gasteiger partial charge in [-0.1, -0.05) is 65.4 Å². The summed E-state index contributed by atoms with van der Waals surface area (Å²) < 4.78 is 7.46. The number of aromatic nitrogens is 5. The van der Waals surface area contributed by atoms with Crippen LogP contribution in [-0.4, -0.2) is 24.9 Å². The topological polar surface area (TPSA) is 69.6 Å². The van der Waals surface area contributed by atoms with Crippen LogP contribution >= 0.6 is 11.8 Å². The molecule has 1 fully saturated rings. The van der Waals surface area contributed by atoms with E-state index in [0.717, 1.165) is 22.2 Å². The summed E-state index contributed by atoms with van der Waals surface area (Å²) in [5.41, 5.74) is 1.98. The molecule has 1 saturated carbocycles. The highest BCUT2D eigenvalue weighted by Gasteiger charge is 2.31. The van der Waals surface area contributed by atoms with Crippen molar-refractivity contribution >= 4 is 11.8 Å². The van der Waals surface area contributed by atoms with Crippen molar-refractivity contribution in [1.29, 1.82) is 0 Å². The zero-order valence-corrected chi connectivity index (χ0v) is 16.2. The van der Waals surface area contributed by atoms with Gasteiger partial charge in [0.2, 0.25) is 16.9 Å². The fraction of sp³-hybridized carbons (Fsp3) is 0.238. The summed E-state index contributed by atoms with van der Waals surface area (Å²) in [6, 6.07) is 20.0. The van der Waals surface area contributed by atoms with E-state index in [-0.39, 0.29) is 5.25 Å². The van der Waals surface area contributed by atoms with E-state index >= 15 is 0 Å². The van der Waals surface area contributed by atoms with E-state index < -0.39 is 0 Å². The van der Waals surface area contributed by atoms with Crippen LogP contribution in [0.1, 0.15) is 42.6 Å². The van der Waals surface area contributed by atoms with Gasteiger partial charge in [-0.25, -0.2) is 9.67 Å². The number of hydrogen-bond donors (Lipinski definition) is 0. The van der Waals surface area contributed by atoms with Gasteiger partial charge >= 0.3 is 0 Å². The molecule has 0 saturated heterocycles. The Kier molecular flexibility index (Phi) is 4.44. The second-order valence-electron chi connectivity index (χ2n) is 6.86. The lowest BCUT2D eigenvalue weighted by Crippen LogP contribution is -2.01. The van der Waals surface area contributed by atoms with Crippen molar-refractivity contribution < 1.29 is 4.52 Å². The van der Waals surface area contributed by atoms with Crippen LogP contribution in [0.2, 0.25) is 0 Å². The molecule has 1 aliphatic carbocycles. The number of benzene rings is 2. The van der Waals surface area contributed by atoms with Crippen LogP contribution in [-0.2, 0) is 0 Å². The Morgan fingerprint density at radius 1 is 1.00 bits per heavy atom. The molecule has 1 unspecified atom stereocenters. The lowest BCUT2D eigenvalue weighted by atomic mass is 10.2. The molecule has 2 aromatic carbocycles. The monoisotopic (exact) mass is 389 g/mol. The van der Waals surface area contributed by atoms with Crippen molar-refractivity contribution in [2.75, 3.05) is 0 Å². The van der Waals surface area contributed by atoms with E-state index in [4.69, 9.17) is 14.6 Å². The van der Waals surface area contributed by atoms with Gasteiger partial charge in [0.15, 0.2) is 0 Å². The third-order valence-corrected chi connectivity index (χ3v) is 5.60. The van der Waals surface area contributed by atoms with Gasteiger partial charge < -0.3 is 4.52 Å². The van der Waals surface area contributed by atoms with E-state index in [1.54, 1.807) is 11.8 Å². The maximum atomic E-state index is 5.49. The van der Waals surface area contributed by atoms with Gasteiger partial charge in [-0.05, 0) is 31.9 Å². The van der Waals surface area contributed by atoms with E-state index in [2.05, 4.69) is 22.3 Å². The van der Waals surface area contributed by atoms with Crippen LogP contribution in [0.25, 0.3) is 17.1 Å². The maximum Gasteiger partial charge on any atom is 0.240 e. The highest BCUT2D eigenvalue weighted by molar-refractivity contribution is 7.99. The Morgan fingerprint density at radius 3 is 2.43 bits per heavy atom. The van der Waals surface area contributed by atoms with Crippen molar-refractivity contribution in [2.45, 2.75) is 36.1 Å². The summed E-state index contributed by atoms with van der Waals surface area (Å²) in [6.07, 6.45) is 2.35. The lowest BCUT2D eigenvalue weighted by Gasteiger charge is -2.03. The predicted octanol–water partition coefficient (Wildman–Crippen LogP) is 5.05. The largest absolute Gasteiger partial charge is 0.338 e. The summed E-state index contributed by atoms with van der Waals surface area (Å²) in [6.45, 7) is 2.03. The molecule has 6 nitrogen and oxygen atoms in total. The van der Waals surface area contributed by atoms with E-state index in [0.29, 0.717) is 17.6 Å². The van der Waals surface area contributed by atoms with Crippen LogP contribution < -0.4 is 0 Å². The zero-order valence-electron chi connectivity index (χ0n) is 15.4. The first kappa shape index (κ1) is 17.2. The van der Waals surface area contributed by atoms with E-state index in [9.17, 15) is 0 Å². The molecule has 1 atom stereocenters. The van der Waals surface area contributed by atoms with Crippen molar-refractivity contribution in [3.05, 3.63) is 72.4 Å². The second-order valence-corrected chi connectivity index (χ2v) is 8.16. The van der Waals surface area contributed by atoms with E-state index in [1.165, 1.54) is 12.8 Å². The molecule has 5 rings (SSSR count). The molecular formula is C21H19N5OS. The van der Waals surface area contributed by atoms with Gasteiger partial charge in [0.1, 0.15) is 5.82 Å². The average molecular weight is 389 g/mol. The molecule has 1 aliphatic rings. The zero-order chi connectivity index (χ0) is 18.9. The SMILES string of the molecule is CC(Sc1nc(C2CC2)n(-c2ccccc2)n1)c1nc(-c2ccccc2)no1. The standard InChI is InChI=1S/C21H19N5OS/c1-14(20-22-18(25-27-20)15-8-4-2-5-9-15)28-21-23-19(16-12-13-16)26(24-21)17-10-6-3-7-11-17/h2-11,14,16H,12-13H2,1H3. The van der Waals surface area contributed by atoms with Crippen molar-refractivity contribution in [2.24, 2.45) is 0 Å². The van der Waals surface area contributed by atoms with Gasteiger partial charge in [-0.15, -0.1) is 5.10 Å². The molecule has 28 heavy (non-hydrogen) atoms. The third kappa shape index (κ3) is 3.45. The van der Waals surface area contributed by atoms with Crippen LogP contribution in [0, 0.1) is 0 Å². The second kappa shape index (κ2) is 7.24. The number of thioether (sulfide) groups is 1. The van der Waals surface area contributed by atoms with Gasteiger partial charge in [0, 0.05) is 11.5 Å². The molecule has 140 valence electrons. The maximum absolute atomic E-state index is 5.49. The first-order valence-electron chi connectivity index (χ1n) is 9.36. The molecule has 0 radical (unpaired) electrons. The van der Waals surface area contributed by atoms with Crippen LogP contribution in [0.3, 0.4) is 0 Å². The summed E-state index contributed by atoms with van der Waals surface area (Å²) in [7, 11) is 0. The van der Waals surface area contributed by atoms with Gasteiger partial charge in [-0.2, -0.15) is 4.98 Å².